The van der Waals surface area contributed by atoms with Crippen molar-refractivity contribution >= 4 is 11.3 Å². The highest BCUT2D eigenvalue weighted by Crippen LogP contribution is 2.30. The molecular weight excluding hydrogens is 316 g/mol. The fourth-order valence-corrected chi connectivity index (χ4v) is 4.33. The lowest BCUT2D eigenvalue weighted by atomic mass is 9.91. The Hall–Kier alpha value is -2.17. The predicted octanol–water partition coefficient (Wildman–Crippen LogP) is 4.27. The highest BCUT2D eigenvalue weighted by atomic mass is 32.1. The molecule has 0 saturated heterocycles. The zero-order valence-corrected chi connectivity index (χ0v) is 14.2. The molecule has 3 aromatic rings. The van der Waals surface area contributed by atoms with Crippen LogP contribution in [0.1, 0.15) is 35.0 Å². The highest BCUT2D eigenvalue weighted by Gasteiger charge is 2.20. The Morgan fingerprint density at radius 2 is 1.96 bits per heavy atom. The third kappa shape index (κ3) is 3.21. The van der Waals surface area contributed by atoms with Gasteiger partial charge in [0.1, 0.15) is 0 Å². The molecular formula is C20H20N2OS. The van der Waals surface area contributed by atoms with Gasteiger partial charge in [-0.2, -0.15) is 0 Å². The summed E-state index contributed by atoms with van der Waals surface area (Å²) in [5.74, 6) is 0. The fourth-order valence-electron chi connectivity index (χ4n) is 3.37. The van der Waals surface area contributed by atoms with Gasteiger partial charge >= 0.3 is 0 Å². The lowest BCUT2D eigenvalue weighted by Crippen LogP contribution is -2.26. The van der Waals surface area contributed by atoms with Crippen LogP contribution in [0, 0.1) is 0 Å². The van der Waals surface area contributed by atoms with Crippen LogP contribution in [0.4, 0.5) is 0 Å². The molecule has 0 saturated carbocycles. The minimum absolute atomic E-state index is 0.000148. The van der Waals surface area contributed by atoms with E-state index in [0.29, 0.717) is 6.04 Å². The number of rotatable bonds is 4. The summed E-state index contributed by atoms with van der Waals surface area (Å²) in [5, 5.41) is 3.67. The highest BCUT2D eigenvalue weighted by molar-refractivity contribution is 7.15. The molecule has 0 aliphatic heterocycles. The number of aromatic nitrogens is 1. The number of benzene rings is 1. The molecule has 0 bridgehead atoms. The van der Waals surface area contributed by atoms with Crippen LogP contribution in [0.5, 0.6) is 0 Å². The zero-order chi connectivity index (χ0) is 16.4. The Morgan fingerprint density at radius 1 is 1.08 bits per heavy atom. The van der Waals surface area contributed by atoms with Gasteiger partial charge in [-0.15, -0.1) is 11.3 Å². The number of nitrogens with one attached hydrogen (secondary N) is 2. The Bertz CT molecular complexity index is 882. The molecule has 1 aromatic carbocycles. The van der Waals surface area contributed by atoms with Crippen LogP contribution in [-0.2, 0) is 13.0 Å². The summed E-state index contributed by atoms with van der Waals surface area (Å²) >= 11 is 1.84. The first-order chi connectivity index (χ1) is 11.8. The van der Waals surface area contributed by atoms with Gasteiger partial charge in [0, 0.05) is 34.1 Å². The molecule has 4 rings (SSSR count). The molecule has 3 nitrogen and oxygen atoms in total. The molecule has 0 spiro atoms. The molecule has 1 atom stereocenters. The van der Waals surface area contributed by atoms with Crippen molar-refractivity contribution in [1.82, 2.24) is 10.3 Å². The van der Waals surface area contributed by atoms with Crippen molar-refractivity contribution in [2.24, 2.45) is 0 Å². The van der Waals surface area contributed by atoms with Gasteiger partial charge in [-0.3, -0.25) is 4.79 Å². The Balaban J connectivity index is 1.47. The molecule has 1 aliphatic rings. The standard InChI is InChI=1S/C20H20N2OS/c23-20-12-10-16-17(7-4-8-18(16)22-20)21-13-15-9-11-19(24-15)14-5-2-1-3-6-14/h1-3,5-6,9-12,17,21H,4,7-8,13H2,(H,22,23). The molecule has 2 N–H and O–H groups in total. The third-order valence-electron chi connectivity index (χ3n) is 4.57. The maximum atomic E-state index is 11.5. The molecule has 0 fully saturated rings. The summed E-state index contributed by atoms with van der Waals surface area (Å²) in [6, 6.07) is 18.8. The molecule has 2 aromatic heterocycles. The van der Waals surface area contributed by atoms with Crippen LogP contribution in [-0.4, -0.2) is 4.98 Å². The van der Waals surface area contributed by atoms with Gasteiger partial charge in [0.25, 0.3) is 0 Å². The second-order valence-electron chi connectivity index (χ2n) is 6.21. The number of fused-ring (bicyclic) bond motifs is 1. The van der Waals surface area contributed by atoms with E-state index < -0.39 is 0 Å². The van der Waals surface area contributed by atoms with Crippen LogP contribution in [0.15, 0.2) is 59.4 Å². The normalized spacial score (nSPS) is 16.8. The summed E-state index contributed by atoms with van der Waals surface area (Å²) in [4.78, 5) is 17.1. The maximum absolute atomic E-state index is 11.5. The number of aryl methyl sites for hydroxylation is 1. The van der Waals surface area contributed by atoms with Crippen molar-refractivity contribution < 1.29 is 0 Å². The van der Waals surface area contributed by atoms with Crippen LogP contribution < -0.4 is 10.9 Å². The molecule has 122 valence electrons. The Morgan fingerprint density at radius 3 is 2.83 bits per heavy atom. The summed E-state index contributed by atoms with van der Waals surface area (Å²) in [5.41, 5.74) is 3.62. The Labute approximate surface area is 145 Å². The van der Waals surface area contributed by atoms with Gasteiger partial charge in [0.05, 0.1) is 0 Å². The first kappa shape index (κ1) is 15.4. The molecule has 24 heavy (non-hydrogen) atoms. The third-order valence-corrected chi connectivity index (χ3v) is 5.71. The minimum atomic E-state index is 0.000148. The van der Waals surface area contributed by atoms with E-state index in [4.69, 9.17) is 0 Å². The first-order valence-electron chi connectivity index (χ1n) is 8.39. The SMILES string of the molecule is O=c1ccc2c([nH]1)CCCC2NCc1ccc(-c2ccccc2)s1. The van der Waals surface area contributed by atoms with E-state index in [0.717, 1.165) is 31.5 Å². The molecule has 1 unspecified atom stereocenters. The predicted molar refractivity (Wildman–Crippen MR) is 99.3 cm³/mol. The summed E-state index contributed by atoms with van der Waals surface area (Å²) in [7, 11) is 0. The van der Waals surface area contributed by atoms with Crippen molar-refractivity contribution in [3.63, 3.8) is 0 Å². The summed E-state index contributed by atoms with van der Waals surface area (Å²) in [6.45, 7) is 0.862. The molecule has 4 heteroatoms. The van der Waals surface area contributed by atoms with Crippen molar-refractivity contribution in [2.45, 2.75) is 31.8 Å². The number of thiophene rings is 1. The average molecular weight is 336 g/mol. The number of pyridine rings is 1. The van der Waals surface area contributed by atoms with Gasteiger partial charge in [-0.05, 0) is 42.5 Å². The lowest BCUT2D eigenvalue weighted by molar-refractivity contribution is 0.455. The summed E-state index contributed by atoms with van der Waals surface area (Å²) in [6.07, 6.45) is 3.21. The minimum Gasteiger partial charge on any atom is -0.326 e. The van der Waals surface area contributed by atoms with Crippen LogP contribution in [0.2, 0.25) is 0 Å². The second-order valence-corrected chi connectivity index (χ2v) is 7.38. The van der Waals surface area contributed by atoms with E-state index >= 15 is 0 Å². The molecule has 0 amide bonds. The van der Waals surface area contributed by atoms with Gasteiger partial charge in [-0.1, -0.05) is 36.4 Å². The van der Waals surface area contributed by atoms with Crippen molar-refractivity contribution in [2.75, 3.05) is 0 Å². The average Bonchev–Trinajstić information content (AvgIpc) is 3.09. The van der Waals surface area contributed by atoms with Crippen molar-refractivity contribution in [3.8, 4) is 10.4 Å². The molecule has 0 radical (unpaired) electrons. The first-order valence-corrected chi connectivity index (χ1v) is 9.21. The number of aromatic amines is 1. The maximum Gasteiger partial charge on any atom is 0.248 e. The second kappa shape index (κ2) is 6.75. The van der Waals surface area contributed by atoms with E-state index in [-0.39, 0.29) is 5.56 Å². The smallest absolute Gasteiger partial charge is 0.248 e. The molecule has 1 aliphatic carbocycles. The Kier molecular flexibility index (Phi) is 4.32. The van der Waals surface area contributed by atoms with Crippen molar-refractivity contribution in [1.29, 1.82) is 0 Å². The quantitative estimate of drug-likeness (QED) is 0.747. The van der Waals surface area contributed by atoms with E-state index in [1.165, 1.54) is 20.9 Å². The van der Waals surface area contributed by atoms with Gasteiger partial charge in [-0.25, -0.2) is 0 Å². The van der Waals surface area contributed by atoms with Gasteiger partial charge < -0.3 is 10.3 Å². The monoisotopic (exact) mass is 336 g/mol. The lowest BCUT2D eigenvalue weighted by Gasteiger charge is -2.25. The topological polar surface area (TPSA) is 44.9 Å². The van der Waals surface area contributed by atoms with Crippen molar-refractivity contribution in [3.05, 3.63) is 81.1 Å². The fraction of sp³-hybridized carbons (Fsp3) is 0.250. The van der Waals surface area contributed by atoms with E-state index in [9.17, 15) is 4.79 Å². The number of hydrogen-bond acceptors (Lipinski definition) is 3. The van der Waals surface area contributed by atoms with Crippen LogP contribution in [0.3, 0.4) is 0 Å². The molecule has 2 heterocycles. The number of hydrogen-bond donors (Lipinski definition) is 2. The summed E-state index contributed by atoms with van der Waals surface area (Å²) < 4.78 is 0. The largest absolute Gasteiger partial charge is 0.326 e. The van der Waals surface area contributed by atoms with Gasteiger partial charge in [0.15, 0.2) is 0 Å². The van der Waals surface area contributed by atoms with Crippen LogP contribution in [0.25, 0.3) is 10.4 Å². The number of H-pyrrole nitrogens is 1. The zero-order valence-electron chi connectivity index (χ0n) is 13.4. The van der Waals surface area contributed by atoms with E-state index in [1.54, 1.807) is 6.07 Å². The van der Waals surface area contributed by atoms with Crippen LogP contribution >= 0.6 is 11.3 Å². The van der Waals surface area contributed by atoms with Gasteiger partial charge in [0.2, 0.25) is 5.56 Å². The van der Waals surface area contributed by atoms with E-state index in [2.05, 4.69) is 46.7 Å². The van der Waals surface area contributed by atoms with E-state index in [1.807, 2.05) is 23.5 Å².